The number of rotatable bonds is 41. The third kappa shape index (κ3) is 26.5. The molecule has 1 fully saturated rings. The molecule has 13 amide bonds. The van der Waals surface area contributed by atoms with E-state index >= 15 is 0 Å². The van der Waals surface area contributed by atoms with Crippen molar-refractivity contribution >= 4 is 88.7 Å². The Morgan fingerprint density at radius 2 is 1.04 bits per heavy atom. The first kappa shape index (κ1) is 83.3. The Labute approximate surface area is 570 Å². The highest BCUT2D eigenvalue weighted by Gasteiger charge is 2.42. The van der Waals surface area contributed by atoms with Crippen molar-refractivity contribution in [1.29, 1.82) is 0 Å². The number of aromatic nitrogens is 2. The Morgan fingerprint density at radius 3 is 1.59 bits per heavy atom. The molecule has 0 spiro atoms. The SMILES string of the molecule is CC[C@H](C)[C@H](NC(=O)CNC(=O)[C@H](C)NC(=O)CNC(=O)[C@@H](NC(=O)[C@@H]1CCCN1C(=O)[C@@H](NC(=O)[C@@H](N)CC(=O)O)[C@@H](C)CC)[C@@H](C)CC)C(=O)N[C@@H](CO)C(=O)N[C@@H](C)C(=O)N[C@@H](Cc1ccc(O)cc1)C(=O)N[C@@H](Cc1cnc[nH]1)C(=O)N[C@H](C(=O)N[C@@H](CO)C(=O)O)[C@@H](C)O. The van der Waals surface area contributed by atoms with Crippen LogP contribution in [0.1, 0.15) is 112 Å². The van der Waals surface area contributed by atoms with Gasteiger partial charge in [0, 0.05) is 31.3 Å². The maximum Gasteiger partial charge on any atom is 0.328 e. The van der Waals surface area contributed by atoms with Crippen LogP contribution in [0.3, 0.4) is 0 Å². The second kappa shape index (κ2) is 40.7. The van der Waals surface area contributed by atoms with Gasteiger partial charge in [0.05, 0.1) is 51.2 Å². The van der Waals surface area contributed by atoms with Crippen LogP contribution in [0.4, 0.5) is 0 Å². The average molecular weight is 1400 g/mol. The molecule has 0 saturated carbocycles. The van der Waals surface area contributed by atoms with E-state index in [1.165, 1.54) is 55.5 Å². The predicted molar refractivity (Wildman–Crippen MR) is 348 cm³/mol. The van der Waals surface area contributed by atoms with Gasteiger partial charge >= 0.3 is 11.9 Å². The number of nitrogens with two attached hydrogens (primary N) is 1. The number of amides is 13. The van der Waals surface area contributed by atoms with Crippen LogP contribution in [-0.4, -0.2) is 246 Å². The first-order chi connectivity index (χ1) is 46.6. The molecule has 16 atom stereocenters. The Balaban J connectivity index is 1.64. The van der Waals surface area contributed by atoms with Crippen molar-refractivity contribution in [2.75, 3.05) is 32.8 Å². The summed E-state index contributed by atoms with van der Waals surface area (Å²) in [5.41, 5.74) is 6.39. The van der Waals surface area contributed by atoms with Crippen LogP contribution in [0, 0.1) is 17.8 Å². The van der Waals surface area contributed by atoms with E-state index in [4.69, 9.17) is 10.8 Å². The van der Waals surface area contributed by atoms with Crippen molar-refractivity contribution in [3.63, 3.8) is 0 Å². The maximum atomic E-state index is 14.2. The Hall–Kier alpha value is -9.88. The van der Waals surface area contributed by atoms with E-state index in [-0.39, 0.29) is 43.7 Å². The monoisotopic (exact) mass is 1400 g/mol. The van der Waals surface area contributed by atoms with Crippen molar-refractivity contribution in [3.05, 3.63) is 48.0 Å². The Morgan fingerprint density at radius 1 is 0.556 bits per heavy atom. The molecule has 0 unspecified atom stereocenters. The lowest BCUT2D eigenvalue weighted by atomic mass is 9.96. The molecule has 1 aromatic carbocycles. The number of aliphatic hydroxyl groups excluding tert-OH is 3. The Bertz CT molecular complexity index is 3140. The van der Waals surface area contributed by atoms with Crippen molar-refractivity contribution < 1.29 is 103 Å². The molecular weight excluding hydrogens is 1300 g/mol. The van der Waals surface area contributed by atoms with Gasteiger partial charge in [-0.1, -0.05) is 72.9 Å². The minimum Gasteiger partial charge on any atom is -0.508 e. The predicted octanol–water partition coefficient (Wildman–Crippen LogP) is -6.60. The Kier molecular flexibility index (Phi) is 34.3. The fraction of sp³-hybridized carbons (Fsp3) is 0.613. The van der Waals surface area contributed by atoms with Crippen molar-refractivity contribution in [3.8, 4) is 5.75 Å². The van der Waals surface area contributed by atoms with Gasteiger partial charge in [-0.05, 0) is 69.1 Å². The summed E-state index contributed by atoms with van der Waals surface area (Å²) in [6.45, 7) is 10.4. The first-order valence-electron chi connectivity index (χ1n) is 32.3. The molecule has 1 aromatic heterocycles. The second-order valence-corrected chi connectivity index (χ2v) is 24.3. The highest BCUT2D eigenvalue weighted by molar-refractivity contribution is 6.00. The van der Waals surface area contributed by atoms with E-state index in [0.717, 1.165) is 6.92 Å². The molecule has 2 aromatic rings. The summed E-state index contributed by atoms with van der Waals surface area (Å²) >= 11 is 0. The molecule has 0 radical (unpaired) electrons. The number of likely N-dealkylation sites (tertiary alicyclic amines) is 1. The zero-order chi connectivity index (χ0) is 74.5. The third-order valence-electron chi connectivity index (χ3n) is 16.6. The molecule has 1 saturated heterocycles. The van der Waals surface area contributed by atoms with Gasteiger partial charge in [-0.15, -0.1) is 0 Å². The van der Waals surface area contributed by atoms with Gasteiger partial charge < -0.3 is 110 Å². The fourth-order valence-electron chi connectivity index (χ4n) is 9.95. The number of phenols is 1. The quantitative estimate of drug-likeness (QED) is 0.0294. The topological polar surface area (TPSA) is 580 Å². The summed E-state index contributed by atoms with van der Waals surface area (Å²) < 4.78 is 0. The first-order valence-corrected chi connectivity index (χ1v) is 32.3. The molecule has 37 heteroatoms. The van der Waals surface area contributed by atoms with E-state index in [9.17, 15) is 97.5 Å². The van der Waals surface area contributed by atoms with Crippen LogP contribution in [0.2, 0.25) is 0 Å². The normalized spacial score (nSPS) is 17.2. The van der Waals surface area contributed by atoms with Gasteiger partial charge in [0.15, 0.2) is 0 Å². The third-order valence-corrected chi connectivity index (χ3v) is 16.6. The molecule has 3 rings (SSSR count). The molecule has 1 aliphatic heterocycles. The molecular formula is C62H96N16O21. The van der Waals surface area contributed by atoms with E-state index in [1.54, 1.807) is 41.5 Å². The number of aliphatic hydroxyl groups is 3. The average Bonchev–Trinajstić information content (AvgIpc) is 1.74. The van der Waals surface area contributed by atoms with Gasteiger partial charge in [-0.3, -0.25) is 67.1 Å². The van der Waals surface area contributed by atoms with Crippen LogP contribution in [-0.2, 0) is 84.8 Å². The maximum absolute atomic E-state index is 14.2. The van der Waals surface area contributed by atoms with Crippen molar-refractivity contribution in [1.82, 2.24) is 78.7 Å². The largest absolute Gasteiger partial charge is 0.508 e. The number of aliphatic carboxylic acids is 2. The van der Waals surface area contributed by atoms with E-state index in [1.807, 2.05) is 5.32 Å². The zero-order valence-corrected chi connectivity index (χ0v) is 56.7. The number of imidazole rings is 1. The summed E-state index contributed by atoms with van der Waals surface area (Å²) in [6, 6.07) is -12.2. The van der Waals surface area contributed by atoms with Gasteiger partial charge in [0.1, 0.15) is 72.2 Å². The summed E-state index contributed by atoms with van der Waals surface area (Å²) in [6.07, 6.45) is 1.30. The standard InChI is InChI=1S/C62H96N16O21/c1-10-29(4)47(75-57(93)43-14-13-19-78(43)61(97)49(31(6)12-3)76-53(89)38(63)22-46(85)86)58(94)66-24-44(83)68-32(7)51(87)65-25-45(84)74-48(30(5)11-2)59(95)72-41(26-79)56(92)69-33(8)52(88)70-39(20-35-15-17-37(82)18-16-35)54(90)71-40(21-36-23-64-28-67-36)55(91)77-50(34(9)81)60(96)73-42(27-80)62(98)99/h15-18,23,28-34,38-43,47-50,79-82H,10-14,19-22,24-27,63H2,1-9H3,(H,64,67)(H,65,87)(H,66,94)(H,68,83)(H,69,92)(H,70,88)(H,71,90)(H,72,95)(H,73,96)(H,74,84)(H,75,93)(H,76,89)(H,77,91)(H,85,86)(H,98,99)/t29-,30-,31-,32-,33-,34+,38-,39-,40-,41-,42-,43-,47-,48-,49-,50-/m0/s1. The van der Waals surface area contributed by atoms with E-state index in [0.29, 0.717) is 24.8 Å². The lowest BCUT2D eigenvalue weighted by molar-refractivity contribution is -0.144. The number of nitrogens with zero attached hydrogens (tertiary/aromatic N) is 2. The molecule has 99 heavy (non-hydrogen) atoms. The number of aromatic amines is 1. The molecule has 1 aliphatic rings. The van der Waals surface area contributed by atoms with E-state index < -0.39 is 218 Å². The molecule has 550 valence electrons. The molecule has 0 bridgehead atoms. The van der Waals surface area contributed by atoms with Gasteiger partial charge in [-0.2, -0.15) is 0 Å². The van der Waals surface area contributed by atoms with Gasteiger partial charge in [-0.25, -0.2) is 9.78 Å². The number of nitrogens with one attached hydrogen (secondary N) is 13. The lowest BCUT2D eigenvalue weighted by Crippen LogP contribution is -2.62. The number of hydrogen-bond acceptors (Lipinski definition) is 21. The molecule has 21 N–H and O–H groups in total. The minimum absolute atomic E-state index is 0.141. The number of aromatic hydroxyl groups is 1. The van der Waals surface area contributed by atoms with E-state index in [2.05, 4.69) is 68.5 Å². The number of carbonyl (C=O) groups is 15. The second-order valence-electron chi connectivity index (χ2n) is 24.3. The number of carboxylic acids is 2. The van der Waals surface area contributed by atoms with Crippen LogP contribution in [0.15, 0.2) is 36.8 Å². The molecule has 2 heterocycles. The smallest absolute Gasteiger partial charge is 0.328 e. The number of carbonyl (C=O) groups excluding carboxylic acids is 13. The number of carboxylic acid groups (broad SMARTS) is 2. The van der Waals surface area contributed by atoms with Crippen LogP contribution in [0.25, 0.3) is 0 Å². The highest BCUT2D eigenvalue weighted by Crippen LogP contribution is 2.23. The molecule has 0 aliphatic carbocycles. The number of benzene rings is 1. The fourth-order valence-corrected chi connectivity index (χ4v) is 9.95. The summed E-state index contributed by atoms with van der Waals surface area (Å²) in [5, 5.41) is 87.3. The van der Waals surface area contributed by atoms with Gasteiger partial charge in [0.2, 0.25) is 76.8 Å². The number of phenolic OH excluding ortho intramolecular Hbond substituents is 1. The zero-order valence-electron chi connectivity index (χ0n) is 56.7. The van der Waals surface area contributed by atoms with Crippen LogP contribution in [0.5, 0.6) is 5.75 Å². The summed E-state index contributed by atoms with van der Waals surface area (Å²) in [4.78, 5) is 207. The minimum atomic E-state index is -1.82. The summed E-state index contributed by atoms with van der Waals surface area (Å²) in [5.74, 6) is -16.6. The highest BCUT2D eigenvalue weighted by atomic mass is 16.4. The lowest BCUT2D eigenvalue weighted by Gasteiger charge is -2.33. The van der Waals surface area contributed by atoms with Crippen LogP contribution < -0.4 is 69.5 Å². The van der Waals surface area contributed by atoms with Crippen LogP contribution >= 0.6 is 0 Å². The summed E-state index contributed by atoms with van der Waals surface area (Å²) in [7, 11) is 0. The number of hydrogen-bond donors (Lipinski definition) is 20. The number of H-pyrrole nitrogens is 1. The van der Waals surface area contributed by atoms with Crippen molar-refractivity contribution in [2.24, 2.45) is 23.5 Å². The van der Waals surface area contributed by atoms with Gasteiger partial charge in [0.25, 0.3) is 0 Å². The van der Waals surface area contributed by atoms with Crippen molar-refractivity contribution in [2.45, 2.75) is 192 Å². The molecule has 37 nitrogen and oxygen atoms in total.